The molecule has 0 aliphatic rings. The Hall–Kier alpha value is -0.995. The second kappa shape index (κ2) is 8.17. The number of rotatable bonds is 8. The van der Waals surface area contributed by atoms with E-state index in [9.17, 15) is 0 Å². The van der Waals surface area contributed by atoms with Crippen molar-refractivity contribution in [3.63, 3.8) is 0 Å². The summed E-state index contributed by atoms with van der Waals surface area (Å²) in [4.78, 5) is 0. The first-order chi connectivity index (χ1) is 8.67. The van der Waals surface area contributed by atoms with Crippen LogP contribution in [-0.4, -0.2) is 23.8 Å². The van der Waals surface area contributed by atoms with Crippen LogP contribution in [0.2, 0.25) is 0 Å². The second-order valence-electron chi connectivity index (χ2n) is 4.67. The van der Waals surface area contributed by atoms with Crippen molar-refractivity contribution in [3.8, 4) is 5.75 Å². The molecule has 1 aromatic carbocycles. The Bertz CT molecular complexity index is 342. The lowest BCUT2D eigenvalue weighted by Crippen LogP contribution is -2.29. The Kier molecular flexibility index (Phi) is 6.84. The number of hydrogen-bond acceptors (Lipinski definition) is 3. The van der Waals surface area contributed by atoms with Gasteiger partial charge in [-0.1, -0.05) is 45.2 Å². The number of benzene rings is 1. The summed E-state index contributed by atoms with van der Waals surface area (Å²) in [6.45, 7) is 5.07. The predicted octanol–water partition coefficient (Wildman–Crippen LogP) is 1.96. The van der Waals surface area contributed by atoms with Gasteiger partial charge < -0.3 is 14.8 Å². The highest BCUT2D eigenvalue weighted by Crippen LogP contribution is 2.15. The van der Waals surface area contributed by atoms with Gasteiger partial charge in [-0.15, -0.1) is 0 Å². The van der Waals surface area contributed by atoms with Crippen molar-refractivity contribution in [1.82, 2.24) is 0 Å². The molecule has 1 rings (SSSR count). The lowest BCUT2D eigenvalue weighted by atomic mass is 9.80. The van der Waals surface area contributed by atoms with Crippen LogP contribution in [0.25, 0.3) is 0 Å². The van der Waals surface area contributed by atoms with Crippen LogP contribution >= 0.6 is 0 Å². The van der Waals surface area contributed by atoms with Gasteiger partial charge in [0.25, 0.3) is 0 Å². The SMILES string of the molecule is CCCC[C@H](CC)COc1cccc(B(O)O)c1. The molecule has 2 N–H and O–H groups in total. The molecule has 0 spiro atoms. The van der Waals surface area contributed by atoms with Crippen LogP contribution in [0.15, 0.2) is 24.3 Å². The Balaban J connectivity index is 2.48. The van der Waals surface area contributed by atoms with Crippen LogP contribution in [0.3, 0.4) is 0 Å². The fraction of sp³-hybridized carbons (Fsp3) is 0.571. The Morgan fingerprint density at radius 2 is 2.06 bits per heavy atom. The molecule has 1 atom stereocenters. The molecule has 0 amide bonds. The van der Waals surface area contributed by atoms with Gasteiger partial charge in [-0.05, 0) is 29.9 Å². The summed E-state index contributed by atoms with van der Waals surface area (Å²) in [6.07, 6.45) is 4.75. The summed E-state index contributed by atoms with van der Waals surface area (Å²) in [6, 6.07) is 6.97. The zero-order valence-corrected chi connectivity index (χ0v) is 11.3. The van der Waals surface area contributed by atoms with E-state index in [4.69, 9.17) is 14.8 Å². The number of unbranched alkanes of at least 4 members (excludes halogenated alkanes) is 1. The molecule has 0 radical (unpaired) electrons. The van der Waals surface area contributed by atoms with Gasteiger partial charge in [-0.25, -0.2) is 0 Å². The zero-order chi connectivity index (χ0) is 13.4. The third-order valence-corrected chi connectivity index (χ3v) is 3.19. The van der Waals surface area contributed by atoms with Crippen molar-refractivity contribution >= 4 is 12.6 Å². The fourth-order valence-electron chi connectivity index (χ4n) is 1.88. The third kappa shape index (κ3) is 5.11. The molecule has 0 bridgehead atoms. The van der Waals surface area contributed by atoms with E-state index in [1.54, 1.807) is 18.2 Å². The zero-order valence-electron chi connectivity index (χ0n) is 11.3. The van der Waals surface area contributed by atoms with Gasteiger partial charge in [-0.2, -0.15) is 0 Å². The molecular weight excluding hydrogens is 227 g/mol. The van der Waals surface area contributed by atoms with E-state index < -0.39 is 7.12 Å². The van der Waals surface area contributed by atoms with E-state index in [0.29, 0.717) is 23.7 Å². The molecule has 0 saturated carbocycles. The third-order valence-electron chi connectivity index (χ3n) is 3.19. The summed E-state index contributed by atoms with van der Waals surface area (Å²) < 4.78 is 5.72. The number of ether oxygens (including phenoxy) is 1. The van der Waals surface area contributed by atoms with Crippen LogP contribution in [0, 0.1) is 5.92 Å². The molecular formula is C14H23BO3. The lowest BCUT2D eigenvalue weighted by molar-refractivity contribution is 0.233. The van der Waals surface area contributed by atoms with E-state index in [1.165, 1.54) is 19.3 Å². The molecule has 0 fully saturated rings. The van der Waals surface area contributed by atoms with Crippen molar-refractivity contribution in [2.75, 3.05) is 6.61 Å². The minimum atomic E-state index is -1.43. The van der Waals surface area contributed by atoms with Crippen molar-refractivity contribution < 1.29 is 14.8 Å². The van der Waals surface area contributed by atoms with E-state index in [1.807, 2.05) is 6.07 Å². The summed E-state index contributed by atoms with van der Waals surface area (Å²) in [5.74, 6) is 1.28. The van der Waals surface area contributed by atoms with Gasteiger partial charge >= 0.3 is 7.12 Å². The monoisotopic (exact) mass is 250 g/mol. The van der Waals surface area contributed by atoms with E-state index in [-0.39, 0.29) is 0 Å². The molecule has 1 aromatic rings. The van der Waals surface area contributed by atoms with E-state index in [2.05, 4.69) is 13.8 Å². The van der Waals surface area contributed by atoms with Gasteiger partial charge in [0.15, 0.2) is 0 Å². The van der Waals surface area contributed by atoms with Gasteiger partial charge in [-0.3, -0.25) is 0 Å². The van der Waals surface area contributed by atoms with Crippen molar-refractivity contribution in [2.24, 2.45) is 5.92 Å². The van der Waals surface area contributed by atoms with Crippen LogP contribution in [-0.2, 0) is 0 Å². The van der Waals surface area contributed by atoms with Crippen molar-refractivity contribution in [3.05, 3.63) is 24.3 Å². The van der Waals surface area contributed by atoms with Gasteiger partial charge in [0.2, 0.25) is 0 Å². The van der Waals surface area contributed by atoms with Gasteiger partial charge in [0.05, 0.1) is 6.61 Å². The average molecular weight is 250 g/mol. The first-order valence-electron chi connectivity index (χ1n) is 6.76. The Morgan fingerprint density at radius 3 is 2.67 bits per heavy atom. The molecule has 3 nitrogen and oxygen atoms in total. The molecule has 0 saturated heterocycles. The first-order valence-corrected chi connectivity index (χ1v) is 6.76. The molecule has 0 aromatic heterocycles. The maximum Gasteiger partial charge on any atom is 0.488 e. The topological polar surface area (TPSA) is 49.7 Å². The maximum absolute atomic E-state index is 9.09. The lowest BCUT2D eigenvalue weighted by Gasteiger charge is -2.16. The number of hydrogen-bond donors (Lipinski definition) is 2. The quantitative estimate of drug-likeness (QED) is 0.693. The predicted molar refractivity (Wildman–Crippen MR) is 75.1 cm³/mol. The van der Waals surface area contributed by atoms with Crippen molar-refractivity contribution in [2.45, 2.75) is 39.5 Å². The normalized spacial score (nSPS) is 12.2. The second-order valence-corrected chi connectivity index (χ2v) is 4.67. The minimum Gasteiger partial charge on any atom is -0.493 e. The highest BCUT2D eigenvalue weighted by molar-refractivity contribution is 6.58. The molecule has 0 unspecified atom stereocenters. The average Bonchev–Trinajstić information content (AvgIpc) is 2.39. The van der Waals surface area contributed by atoms with Crippen molar-refractivity contribution in [1.29, 1.82) is 0 Å². The summed E-state index contributed by atoms with van der Waals surface area (Å²) in [7, 11) is -1.43. The molecule has 0 aliphatic carbocycles. The highest BCUT2D eigenvalue weighted by atomic mass is 16.5. The maximum atomic E-state index is 9.09. The largest absolute Gasteiger partial charge is 0.493 e. The van der Waals surface area contributed by atoms with Crippen LogP contribution in [0.5, 0.6) is 5.75 Å². The minimum absolute atomic E-state index is 0.467. The highest BCUT2D eigenvalue weighted by Gasteiger charge is 2.12. The molecule has 4 heteroatoms. The first kappa shape index (κ1) is 15.1. The van der Waals surface area contributed by atoms with E-state index >= 15 is 0 Å². The molecule has 18 heavy (non-hydrogen) atoms. The molecule has 100 valence electrons. The van der Waals surface area contributed by atoms with Gasteiger partial charge in [0.1, 0.15) is 5.75 Å². The van der Waals surface area contributed by atoms with Gasteiger partial charge in [0, 0.05) is 0 Å². The van der Waals surface area contributed by atoms with Crippen LogP contribution in [0.4, 0.5) is 0 Å². The Morgan fingerprint density at radius 1 is 1.28 bits per heavy atom. The summed E-state index contributed by atoms with van der Waals surface area (Å²) in [5.41, 5.74) is 0.467. The molecule has 0 heterocycles. The van der Waals surface area contributed by atoms with E-state index in [0.717, 1.165) is 6.42 Å². The fourth-order valence-corrected chi connectivity index (χ4v) is 1.88. The van der Waals surface area contributed by atoms with Crippen LogP contribution in [0.1, 0.15) is 39.5 Å². The summed E-state index contributed by atoms with van der Waals surface area (Å²) >= 11 is 0. The molecule has 0 aliphatic heterocycles. The van der Waals surface area contributed by atoms with Crippen LogP contribution < -0.4 is 10.2 Å². The standard InChI is InChI=1S/C14H23BO3/c1-3-5-7-12(4-2)11-18-14-9-6-8-13(10-14)15(16)17/h6,8-10,12,16-17H,3-5,7,11H2,1-2H3/t12-/m0/s1. The summed E-state index contributed by atoms with van der Waals surface area (Å²) in [5, 5.41) is 18.2. The smallest absolute Gasteiger partial charge is 0.488 e. The Labute approximate surface area is 110 Å².